The van der Waals surface area contributed by atoms with Crippen LogP contribution in [0.4, 0.5) is 0 Å². The van der Waals surface area contributed by atoms with Crippen molar-refractivity contribution in [1.29, 1.82) is 0 Å². The summed E-state index contributed by atoms with van der Waals surface area (Å²) < 4.78 is 0. The maximum Gasteiger partial charge on any atom is 0.224 e. The van der Waals surface area contributed by atoms with E-state index in [1.54, 1.807) is 0 Å². The molecule has 0 aromatic carbocycles. The Morgan fingerprint density at radius 2 is 1.82 bits per heavy atom. The maximum atomic E-state index is 12.1. The predicted molar refractivity (Wildman–Crippen MR) is 71.6 cm³/mol. The Bertz CT molecular complexity index is 245. The number of carbonyl (C=O) groups excluding carboxylic acids is 1. The zero-order valence-corrected chi connectivity index (χ0v) is 11.8. The van der Waals surface area contributed by atoms with E-state index in [2.05, 4.69) is 20.8 Å². The van der Waals surface area contributed by atoms with Gasteiger partial charge in [-0.3, -0.25) is 4.79 Å². The molecule has 0 aliphatic heterocycles. The van der Waals surface area contributed by atoms with E-state index in [4.69, 9.17) is 5.73 Å². The Hall–Kier alpha value is -0.570. The first-order chi connectivity index (χ1) is 7.91. The van der Waals surface area contributed by atoms with Crippen LogP contribution in [0.25, 0.3) is 0 Å². The second-order valence-electron chi connectivity index (χ2n) is 6.03. The molecule has 1 saturated carbocycles. The minimum absolute atomic E-state index is 0.00698. The SMILES string of the molecule is CC1CCC(N(C)C(=O)CC(N)C(C)C)CC1. The molecule has 17 heavy (non-hydrogen) atoms. The van der Waals surface area contributed by atoms with Crippen LogP contribution in [0.15, 0.2) is 0 Å². The van der Waals surface area contributed by atoms with Gasteiger partial charge in [0, 0.05) is 25.6 Å². The van der Waals surface area contributed by atoms with Crippen molar-refractivity contribution >= 4 is 5.91 Å². The van der Waals surface area contributed by atoms with E-state index in [0.29, 0.717) is 18.4 Å². The molecule has 1 rings (SSSR count). The van der Waals surface area contributed by atoms with Crippen molar-refractivity contribution in [2.24, 2.45) is 17.6 Å². The summed E-state index contributed by atoms with van der Waals surface area (Å²) in [5, 5.41) is 0. The van der Waals surface area contributed by atoms with Gasteiger partial charge in [-0.05, 0) is 37.5 Å². The molecule has 0 aromatic heterocycles. The van der Waals surface area contributed by atoms with Crippen LogP contribution in [0.3, 0.4) is 0 Å². The number of carbonyl (C=O) groups is 1. The van der Waals surface area contributed by atoms with E-state index < -0.39 is 0 Å². The smallest absolute Gasteiger partial charge is 0.224 e. The van der Waals surface area contributed by atoms with Crippen molar-refractivity contribution in [2.75, 3.05) is 7.05 Å². The molecule has 0 radical (unpaired) electrons. The maximum absolute atomic E-state index is 12.1. The van der Waals surface area contributed by atoms with Crippen molar-refractivity contribution in [3.05, 3.63) is 0 Å². The summed E-state index contributed by atoms with van der Waals surface area (Å²) in [6.07, 6.45) is 5.29. The van der Waals surface area contributed by atoms with E-state index in [1.807, 2.05) is 11.9 Å². The van der Waals surface area contributed by atoms with Crippen LogP contribution >= 0.6 is 0 Å². The molecule has 1 atom stereocenters. The summed E-state index contributed by atoms with van der Waals surface area (Å²) in [6.45, 7) is 6.44. The average molecular weight is 240 g/mol. The van der Waals surface area contributed by atoms with Crippen molar-refractivity contribution in [3.8, 4) is 0 Å². The van der Waals surface area contributed by atoms with Gasteiger partial charge in [0.25, 0.3) is 0 Å². The molecule has 1 fully saturated rings. The van der Waals surface area contributed by atoms with E-state index in [0.717, 1.165) is 18.8 Å². The molecule has 0 aromatic rings. The van der Waals surface area contributed by atoms with Crippen molar-refractivity contribution in [1.82, 2.24) is 4.90 Å². The molecule has 3 nitrogen and oxygen atoms in total. The molecule has 0 heterocycles. The molecule has 1 aliphatic carbocycles. The van der Waals surface area contributed by atoms with Gasteiger partial charge in [-0.25, -0.2) is 0 Å². The second-order valence-corrected chi connectivity index (χ2v) is 6.03. The van der Waals surface area contributed by atoms with Gasteiger partial charge in [-0.15, -0.1) is 0 Å². The predicted octanol–water partition coefficient (Wildman–Crippen LogP) is 2.40. The minimum Gasteiger partial charge on any atom is -0.343 e. The lowest BCUT2D eigenvalue weighted by molar-refractivity contribution is -0.133. The first-order valence-electron chi connectivity index (χ1n) is 6.93. The van der Waals surface area contributed by atoms with Crippen LogP contribution in [-0.2, 0) is 4.79 Å². The summed E-state index contributed by atoms with van der Waals surface area (Å²) >= 11 is 0. The molecule has 2 N–H and O–H groups in total. The van der Waals surface area contributed by atoms with Gasteiger partial charge in [0.05, 0.1) is 0 Å². The van der Waals surface area contributed by atoms with E-state index >= 15 is 0 Å². The van der Waals surface area contributed by atoms with E-state index in [1.165, 1.54) is 12.8 Å². The van der Waals surface area contributed by atoms with Gasteiger partial charge in [0.15, 0.2) is 0 Å². The Balaban J connectivity index is 2.41. The molecule has 0 saturated heterocycles. The van der Waals surface area contributed by atoms with Gasteiger partial charge < -0.3 is 10.6 Å². The molecule has 1 amide bonds. The molecular formula is C14H28N2O. The number of rotatable bonds is 4. The fourth-order valence-corrected chi connectivity index (χ4v) is 2.41. The first kappa shape index (κ1) is 14.5. The summed E-state index contributed by atoms with van der Waals surface area (Å²) in [5.41, 5.74) is 5.96. The quantitative estimate of drug-likeness (QED) is 0.820. The van der Waals surface area contributed by atoms with Crippen LogP contribution < -0.4 is 5.73 Å². The monoisotopic (exact) mass is 240 g/mol. The molecule has 0 bridgehead atoms. The molecule has 0 spiro atoms. The highest BCUT2D eigenvalue weighted by molar-refractivity contribution is 5.76. The number of nitrogens with zero attached hydrogens (tertiary/aromatic N) is 1. The normalized spacial score (nSPS) is 26.9. The van der Waals surface area contributed by atoms with Gasteiger partial charge in [-0.1, -0.05) is 20.8 Å². The molecular weight excluding hydrogens is 212 g/mol. The van der Waals surface area contributed by atoms with Crippen LogP contribution in [0.5, 0.6) is 0 Å². The lowest BCUT2D eigenvalue weighted by Gasteiger charge is -2.34. The average Bonchev–Trinajstić information content (AvgIpc) is 2.28. The number of nitrogens with two attached hydrogens (primary N) is 1. The summed E-state index contributed by atoms with van der Waals surface area (Å²) in [4.78, 5) is 14.0. The highest BCUT2D eigenvalue weighted by Crippen LogP contribution is 2.26. The molecule has 1 aliphatic rings. The van der Waals surface area contributed by atoms with Gasteiger partial charge in [-0.2, -0.15) is 0 Å². The first-order valence-corrected chi connectivity index (χ1v) is 6.93. The van der Waals surface area contributed by atoms with Gasteiger partial charge >= 0.3 is 0 Å². The number of hydrogen-bond acceptors (Lipinski definition) is 2. The zero-order chi connectivity index (χ0) is 13.0. The number of amides is 1. The molecule has 3 heteroatoms. The van der Waals surface area contributed by atoms with Crippen molar-refractivity contribution in [3.63, 3.8) is 0 Å². The fourth-order valence-electron chi connectivity index (χ4n) is 2.41. The van der Waals surface area contributed by atoms with E-state index in [9.17, 15) is 4.79 Å². The standard InChI is InChI=1S/C14H28N2O/c1-10(2)13(15)9-14(17)16(4)12-7-5-11(3)6-8-12/h10-13H,5-9,15H2,1-4H3. The minimum atomic E-state index is -0.00698. The van der Waals surface area contributed by atoms with Gasteiger partial charge in [0.1, 0.15) is 0 Å². The second kappa shape index (κ2) is 6.39. The highest BCUT2D eigenvalue weighted by atomic mass is 16.2. The topological polar surface area (TPSA) is 46.3 Å². The third kappa shape index (κ3) is 4.30. The van der Waals surface area contributed by atoms with Crippen LogP contribution in [-0.4, -0.2) is 29.9 Å². The van der Waals surface area contributed by atoms with Crippen molar-refractivity contribution in [2.45, 2.75) is 65.0 Å². The lowest BCUT2D eigenvalue weighted by Crippen LogP contribution is -2.42. The van der Waals surface area contributed by atoms with Crippen LogP contribution in [0, 0.1) is 11.8 Å². The summed E-state index contributed by atoms with van der Waals surface area (Å²) in [7, 11) is 1.94. The Labute approximate surface area is 106 Å². The number of hydrogen-bond donors (Lipinski definition) is 1. The third-order valence-corrected chi connectivity index (χ3v) is 4.19. The highest BCUT2D eigenvalue weighted by Gasteiger charge is 2.25. The third-order valence-electron chi connectivity index (χ3n) is 4.19. The van der Waals surface area contributed by atoms with Crippen molar-refractivity contribution < 1.29 is 4.79 Å². The largest absolute Gasteiger partial charge is 0.343 e. The fraction of sp³-hybridized carbons (Fsp3) is 0.929. The Morgan fingerprint density at radius 1 is 1.29 bits per heavy atom. The summed E-state index contributed by atoms with van der Waals surface area (Å²) in [5.74, 6) is 1.41. The van der Waals surface area contributed by atoms with E-state index in [-0.39, 0.29) is 11.9 Å². The summed E-state index contributed by atoms with van der Waals surface area (Å²) in [6, 6.07) is 0.436. The van der Waals surface area contributed by atoms with Crippen LogP contribution in [0.2, 0.25) is 0 Å². The molecule has 1 unspecified atom stereocenters. The Kier molecular flexibility index (Phi) is 5.44. The zero-order valence-electron chi connectivity index (χ0n) is 11.8. The van der Waals surface area contributed by atoms with Gasteiger partial charge in [0.2, 0.25) is 5.91 Å². The lowest BCUT2D eigenvalue weighted by atomic mass is 9.86. The Morgan fingerprint density at radius 3 is 2.29 bits per heavy atom. The molecule has 100 valence electrons. The van der Waals surface area contributed by atoms with Crippen LogP contribution in [0.1, 0.15) is 52.9 Å².